The van der Waals surface area contributed by atoms with Crippen molar-refractivity contribution in [3.63, 3.8) is 0 Å². The van der Waals surface area contributed by atoms with E-state index in [4.69, 9.17) is 4.74 Å². The molecule has 0 aromatic heterocycles. The number of ether oxygens (including phenoxy) is 1. The first-order chi connectivity index (χ1) is 10.9. The molecule has 2 rings (SSSR count). The fraction of sp³-hybridized carbons (Fsp3) is 0.429. The minimum absolute atomic E-state index is 0.602. The fourth-order valence-electron chi connectivity index (χ4n) is 2.87. The lowest BCUT2D eigenvalue weighted by Crippen LogP contribution is -2.19. The number of aliphatic hydroxyl groups is 2. The Balaban J connectivity index is 2.62. The fourth-order valence-corrected chi connectivity index (χ4v) is 2.87. The van der Waals surface area contributed by atoms with Crippen LogP contribution >= 0.6 is 0 Å². The van der Waals surface area contributed by atoms with Crippen LogP contribution in [0.4, 0.5) is 0 Å². The molecule has 0 heterocycles. The highest BCUT2D eigenvalue weighted by Crippen LogP contribution is 2.39. The van der Waals surface area contributed by atoms with Crippen LogP contribution in [0.1, 0.15) is 55.5 Å². The van der Waals surface area contributed by atoms with Crippen molar-refractivity contribution >= 4 is 0 Å². The van der Waals surface area contributed by atoms with Gasteiger partial charge in [0.15, 0.2) is 0 Å². The maximum atomic E-state index is 10.5. The summed E-state index contributed by atoms with van der Waals surface area (Å²) in [6, 6.07) is 9.74. The molecule has 3 nitrogen and oxygen atoms in total. The molecule has 0 aliphatic heterocycles. The first-order valence-electron chi connectivity index (χ1n) is 8.25. The molecule has 130 valence electrons. The van der Waals surface area contributed by atoms with E-state index in [-0.39, 0.29) is 0 Å². The average molecular weight is 328 g/mol. The number of hydrogen-bond acceptors (Lipinski definition) is 3. The summed E-state index contributed by atoms with van der Waals surface area (Å²) in [6.45, 7) is 12.9. The molecule has 24 heavy (non-hydrogen) atoms. The zero-order chi connectivity index (χ0) is 18.3. The van der Waals surface area contributed by atoms with Crippen LogP contribution in [0.25, 0.3) is 0 Å². The molecule has 3 heteroatoms. The predicted octanol–water partition coefficient (Wildman–Crippen LogP) is 4.86. The Morgan fingerprint density at radius 1 is 0.750 bits per heavy atom. The lowest BCUT2D eigenvalue weighted by atomic mass is 9.92. The summed E-state index contributed by atoms with van der Waals surface area (Å²) < 4.78 is 6.21. The Morgan fingerprint density at radius 3 is 1.83 bits per heavy atom. The zero-order valence-electron chi connectivity index (χ0n) is 15.7. The van der Waals surface area contributed by atoms with Gasteiger partial charge in [-0.15, -0.1) is 0 Å². The normalized spacial score (nSPS) is 12.4. The maximum absolute atomic E-state index is 10.5. The van der Waals surface area contributed by atoms with Crippen LogP contribution in [0.3, 0.4) is 0 Å². The van der Waals surface area contributed by atoms with Gasteiger partial charge in [0.1, 0.15) is 11.5 Å². The van der Waals surface area contributed by atoms with E-state index in [1.54, 1.807) is 27.7 Å². The number of rotatable bonds is 4. The van der Waals surface area contributed by atoms with Gasteiger partial charge in [-0.3, -0.25) is 0 Å². The number of hydrogen-bond donors (Lipinski definition) is 2. The summed E-state index contributed by atoms with van der Waals surface area (Å²) in [5, 5.41) is 21.0. The summed E-state index contributed by atoms with van der Waals surface area (Å²) >= 11 is 0. The van der Waals surface area contributed by atoms with Gasteiger partial charge in [-0.2, -0.15) is 0 Å². The molecule has 0 atom stereocenters. The van der Waals surface area contributed by atoms with Gasteiger partial charge in [0.05, 0.1) is 11.2 Å². The quantitative estimate of drug-likeness (QED) is 0.843. The van der Waals surface area contributed by atoms with Crippen molar-refractivity contribution in [3.05, 3.63) is 58.1 Å². The Bertz CT molecular complexity index is 747. The highest BCUT2D eigenvalue weighted by molar-refractivity contribution is 5.51. The molecule has 2 N–H and O–H groups in total. The van der Waals surface area contributed by atoms with Gasteiger partial charge in [-0.25, -0.2) is 0 Å². The van der Waals surface area contributed by atoms with E-state index in [9.17, 15) is 10.2 Å². The molecule has 0 saturated carbocycles. The average Bonchev–Trinajstić information content (AvgIpc) is 2.40. The SMILES string of the molecule is Cc1ccc(Oc2c(C)cc(C)cc2C(C)(C)O)c(C(C)(C)O)c1. The van der Waals surface area contributed by atoms with Crippen LogP contribution in [-0.4, -0.2) is 10.2 Å². The molecule has 0 saturated heterocycles. The third-order valence-corrected chi connectivity index (χ3v) is 4.08. The van der Waals surface area contributed by atoms with Crippen molar-refractivity contribution in [2.75, 3.05) is 0 Å². The monoisotopic (exact) mass is 328 g/mol. The zero-order valence-corrected chi connectivity index (χ0v) is 15.7. The molecule has 0 amide bonds. The van der Waals surface area contributed by atoms with Crippen LogP contribution in [0.15, 0.2) is 30.3 Å². The Morgan fingerprint density at radius 2 is 1.29 bits per heavy atom. The second-order valence-corrected chi connectivity index (χ2v) is 7.68. The summed E-state index contributed by atoms with van der Waals surface area (Å²) in [5.41, 5.74) is 2.51. The van der Waals surface area contributed by atoms with Crippen LogP contribution < -0.4 is 4.74 Å². The van der Waals surface area contributed by atoms with Crippen molar-refractivity contribution in [2.45, 2.75) is 59.7 Å². The Hall–Kier alpha value is -1.84. The number of aryl methyl sites for hydroxylation is 3. The van der Waals surface area contributed by atoms with E-state index in [2.05, 4.69) is 0 Å². The summed E-state index contributed by atoms with van der Waals surface area (Å²) in [7, 11) is 0. The van der Waals surface area contributed by atoms with E-state index in [0.29, 0.717) is 11.5 Å². The second kappa shape index (κ2) is 6.23. The van der Waals surface area contributed by atoms with E-state index in [0.717, 1.165) is 27.8 Å². The van der Waals surface area contributed by atoms with Gasteiger partial charge in [-0.1, -0.05) is 23.3 Å². The first kappa shape index (κ1) is 18.5. The summed E-state index contributed by atoms with van der Waals surface area (Å²) in [4.78, 5) is 0. The molecule has 2 aromatic rings. The van der Waals surface area contributed by atoms with Crippen molar-refractivity contribution in [1.82, 2.24) is 0 Å². The molecular formula is C21H28O3. The second-order valence-electron chi connectivity index (χ2n) is 7.68. The standard InChI is InChI=1S/C21H28O3/c1-13-8-9-18(16(11-13)20(4,5)22)24-19-15(3)10-14(2)12-17(19)21(6,7)23/h8-12,22-23H,1-7H3. The van der Waals surface area contributed by atoms with E-state index in [1.165, 1.54) is 0 Å². The predicted molar refractivity (Wildman–Crippen MR) is 97.7 cm³/mol. The molecule has 0 aliphatic rings. The summed E-state index contributed by atoms with van der Waals surface area (Å²) in [5.74, 6) is 1.24. The maximum Gasteiger partial charge on any atom is 0.136 e. The topological polar surface area (TPSA) is 49.7 Å². The molecule has 0 unspecified atom stereocenters. The Kier molecular flexibility index (Phi) is 4.80. The van der Waals surface area contributed by atoms with Crippen molar-refractivity contribution in [3.8, 4) is 11.5 Å². The highest BCUT2D eigenvalue weighted by Gasteiger charge is 2.26. The molecule has 2 aromatic carbocycles. The van der Waals surface area contributed by atoms with Crippen molar-refractivity contribution < 1.29 is 14.9 Å². The Labute approximate surface area is 144 Å². The van der Waals surface area contributed by atoms with Crippen molar-refractivity contribution in [1.29, 1.82) is 0 Å². The van der Waals surface area contributed by atoms with Gasteiger partial charge in [0.25, 0.3) is 0 Å². The van der Waals surface area contributed by atoms with Gasteiger partial charge in [0, 0.05) is 11.1 Å². The van der Waals surface area contributed by atoms with Crippen LogP contribution in [0.2, 0.25) is 0 Å². The van der Waals surface area contributed by atoms with E-state index in [1.807, 2.05) is 51.1 Å². The van der Waals surface area contributed by atoms with E-state index >= 15 is 0 Å². The lowest BCUT2D eigenvalue weighted by molar-refractivity contribution is 0.0733. The molecular weight excluding hydrogens is 300 g/mol. The molecule has 0 fully saturated rings. The molecule has 0 bridgehead atoms. The van der Waals surface area contributed by atoms with Gasteiger partial charge >= 0.3 is 0 Å². The van der Waals surface area contributed by atoms with Gasteiger partial charge in [-0.05, 0) is 72.2 Å². The largest absolute Gasteiger partial charge is 0.456 e. The molecule has 0 spiro atoms. The third-order valence-electron chi connectivity index (χ3n) is 4.08. The first-order valence-corrected chi connectivity index (χ1v) is 8.25. The third kappa shape index (κ3) is 3.97. The minimum Gasteiger partial charge on any atom is -0.456 e. The highest BCUT2D eigenvalue weighted by atomic mass is 16.5. The molecule has 0 radical (unpaired) electrons. The van der Waals surface area contributed by atoms with Gasteiger partial charge in [0.2, 0.25) is 0 Å². The summed E-state index contributed by atoms with van der Waals surface area (Å²) in [6.07, 6.45) is 0. The molecule has 0 aliphatic carbocycles. The number of benzene rings is 2. The van der Waals surface area contributed by atoms with Gasteiger partial charge < -0.3 is 14.9 Å². The van der Waals surface area contributed by atoms with Crippen LogP contribution in [0.5, 0.6) is 11.5 Å². The van der Waals surface area contributed by atoms with Crippen molar-refractivity contribution in [2.24, 2.45) is 0 Å². The van der Waals surface area contributed by atoms with E-state index < -0.39 is 11.2 Å². The smallest absolute Gasteiger partial charge is 0.136 e. The van der Waals surface area contributed by atoms with Crippen LogP contribution in [0, 0.1) is 20.8 Å². The van der Waals surface area contributed by atoms with Crippen LogP contribution in [-0.2, 0) is 11.2 Å². The lowest BCUT2D eigenvalue weighted by Gasteiger charge is -2.26. The minimum atomic E-state index is -1.02.